The Kier molecular flexibility index (Phi) is 6.86. The van der Waals surface area contributed by atoms with E-state index >= 15 is 0 Å². The third-order valence-corrected chi connectivity index (χ3v) is 6.02. The van der Waals surface area contributed by atoms with Crippen LogP contribution in [0.25, 0.3) is 0 Å². The van der Waals surface area contributed by atoms with Crippen LogP contribution in [0, 0.1) is 13.8 Å². The Morgan fingerprint density at radius 3 is 2.27 bits per heavy atom. The number of nitrogens with zero attached hydrogens (tertiary/aromatic N) is 1. The first-order valence-electron chi connectivity index (χ1n) is 9.26. The summed E-state index contributed by atoms with van der Waals surface area (Å²) in [7, 11) is -4.03. The molecule has 0 saturated carbocycles. The molecule has 0 saturated heterocycles. The van der Waals surface area contributed by atoms with Crippen LogP contribution in [0.4, 0.5) is 18.9 Å². The molecule has 2 aromatic rings. The van der Waals surface area contributed by atoms with E-state index in [0.29, 0.717) is 4.31 Å². The molecule has 0 aliphatic heterocycles. The van der Waals surface area contributed by atoms with E-state index < -0.39 is 39.8 Å². The van der Waals surface area contributed by atoms with Crippen LogP contribution in [0.2, 0.25) is 0 Å². The summed E-state index contributed by atoms with van der Waals surface area (Å²) in [6, 6.07) is 8.02. The zero-order valence-electron chi connectivity index (χ0n) is 17.4. The molecule has 2 rings (SSSR count). The molecule has 5 nitrogen and oxygen atoms in total. The fourth-order valence-corrected chi connectivity index (χ4v) is 4.43. The maximum atomic E-state index is 13.1. The molecule has 0 aromatic heterocycles. The molecule has 30 heavy (non-hydrogen) atoms. The summed E-state index contributed by atoms with van der Waals surface area (Å²) in [6.07, 6.45) is -3.78. The minimum absolute atomic E-state index is 0.227. The second-order valence-corrected chi connectivity index (χ2v) is 9.23. The zero-order valence-corrected chi connectivity index (χ0v) is 18.2. The highest BCUT2D eigenvalue weighted by atomic mass is 32.2. The molecule has 0 heterocycles. The molecule has 0 unspecified atom stereocenters. The number of benzene rings is 2. The molecule has 0 spiro atoms. The van der Waals surface area contributed by atoms with Crippen molar-refractivity contribution in [2.75, 3.05) is 10.6 Å². The van der Waals surface area contributed by atoms with E-state index in [1.165, 1.54) is 13.0 Å². The lowest BCUT2D eigenvalue weighted by Gasteiger charge is -2.30. The van der Waals surface area contributed by atoms with Gasteiger partial charge < -0.3 is 5.32 Å². The third-order valence-electron chi connectivity index (χ3n) is 4.78. The van der Waals surface area contributed by atoms with Crippen molar-refractivity contribution >= 4 is 21.6 Å². The number of alkyl halides is 3. The summed E-state index contributed by atoms with van der Waals surface area (Å²) in [5, 5.41) is 2.76. The van der Waals surface area contributed by atoms with E-state index in [1.54, 1.807) is 6.92 Å². The number of sulfonamides is 1. The number of amides is 1. The fraction of sp³-hybridized carbons (Fsp3) is 0.381. The first-order valence-corrected chi connectivity index (χ1v) is 11.1. The van der Waals surface area contributed by atoms with Gasteiger partial charge in [-0.1, -0.05) is 29.8 Å². The highest BCUT2D eigenvalue weighted by Gasteiger charge is 2.34. The van der Waals surface area contributed by atoms with Crippen LogP contribution >= 0.6 is 0 Å². The predicted molar refractivity (Wildman–Crippen MR) is 111 cm³/mol. The van der Waals surface area contributed by atoms with E-state index in [0.717, 1.165) is 41.1 Å². The van der Waals surface area contributed by atoms with Gasteiger partial charge in [-0.25, -0.2) is 8.42 Å². The van der Waals surface area contributed by atoms with Gasteiger partial charge in [-0.2, -0.15) is 13.2 Å². The Hall–Kier alpha value is -2.55. The van der Waals surface area contributed by atoms with Gasteiger partial charge in [0, 0.05) is 0 Å². The molecule has 1 amide bonds. The molecule has 2 atom stereocenters. The Labute approximate surface area is 175 Å². The summed E-state index contributed by atoms with van der Waals surface area (Å²) in [5.41, 5.74) is 1.62. The number of carbonyl (C=O) groups excluding carboxylic acids is 1. The highest BCUT2D eigenvalue weighted by Crippen LogP contribution is 2.33. The standard InChI is InChI=1S/C21H25F3N2O3S/c1-13-9-10-14(2)19(11-13)15(3)25-20(27)16(4)26(30(5,28)29)18-8-6-7-17(12-18)21(22,23)24/h6-12,15-16H,1-5H3,(H,25,27)/t15-,16-/m0/s1. The molecule has 0 bridgehead atoms. The molecule has 0 aliphatic carbocycles. The maximum absolute atomic E-state index is 13.1. The van der Waals surface area contributed by atoms with Gasteiger partial charge >= 0.3 is 6.18 Å². The molecular weight excluding hydrogens is 417 g/mol. The monoisotopic (exact) mass is 442 g/mol. The van der Waals surface area contributed by atoms with Crippen molar-refractivity contribution in [2.24, 2.45) is 0 Å². The number of hydrogen-bond donors (Lipinski definition) is 1. The number of nitrogens with one attached hydrogen (secondary N) is 1. The number of halogens is 3. The van der Waals surface area contributed by atoms with Gasteiger partial charge in [0.1, 0.15) is 6.04 Å². The van der Waals surface area contributed by atoms with Gasteiger partial charge in [0.15, 0.2) is 0 Å². The summed E-state index contributed by atoms with van der Waals surface area (Å²) in [6.45, 7) is 6.92. The lowest BCUT2D eigenvalue weighted by Crippen LogP contribution is -2.48. The van der Waals surface area contributed by atoms with E-state index in [1.807, 2.05) is 32.0 Å². The lowest BCUT2D eigenvalue weighted by molar-refractivity contribution is -0.137. The van der Waals surface area contributed by atoms with Gasteiger partial charge in [-0.3, -0.25) is 9.10 Å². The fourth-order valence-electron chi connectivity index (χ4n) is 3.27. The first-order chi connectivity index (χ1) is 13.7. The Morgan fingerprint density at radius 1 is 1.07 bits per heavy atom. The van der Waals surface area contributed by atoms with Crippen LogP contribution in [0.3, 0.4) is 0 Å². The number of hydrogen-bond acceptors (Lipinski definition) is 3. The van der Waals surface area contributed by atoms with Crippen molar-refractivity contribution in [3.05, 3.63) is 64.7 Å². The van der Waals surface area contributed by atoms with E-state index in [-0.39, 0.29) is 5.69 Å². The smallest absolute Gasteiger partial charge is 0.348 e. The van der Waals surface area contributed by atoms with Gasteiger partial charge in [-0.05, 0) is 57.0 Å². The molecule has 9 heteroatoms. The minimum Gasteiger partial charge on any atom is -0.348 e. The topological polar surface area (TPSA) is 66.5 Å². The van der Waals surface area contributed by atoms with E-state index in [2.05, 4.69) is 5.32 Å². The van der Waals surface area contributed by atoms with Crippen LogP contribution in [-0.4, -0.2) is 26.6 Å². The third kappa shape index (κ3) is 5.53. The summed E-state index contributed by atoms with van der Waals surface area (Å²) >= 11 is 0. The second kappa shape index (κ2) is 8.67. The first kappa shape index (κ1) is 23.7. The van der Waals surface area contributed by atoms with Gasteiger partial charge in [0.2, 0.25) is 15.9 Å². The van der Waals surface area contributed by atoms with E-state index in [4.69, 9.17) is 0 Å². The minimum atomic E-state index is -4.64. The summed E-state index contributed by atoms with van der Waals surface area (Å²) in [5.74, 6) is -0.619. The maximum Gasteiger partial charge on any atom is 0.416 e. The normalized spacial score (nSPS) is 14.1. The Balaban J connectivity index is 2.35. The summed E-state index contributed by atoms with van der Waals surface area (Å²) in [4.78, 5) is 12.8. The molecule has 2 aromatic carbocycles. The molecule has 0 fully saturated rings. The van der Waals surface area contributed by atoms with Gasteiger partial charge in [0.25, 0.3) is 0 Å². The van der Waals surface area contributed by atoms with Crippen molar-refractivity contribution < 1.29 is 26.4 Å². The molecule has 0 radical (unpaired) electrons. The predicted octanol–water partition coefficient (Wildman–Crippen LogP) is 4.35. The quantitative estimate of drug-likeness (QED) is 0.723. The summed E-state index contributed by atoms with van der Waals surface area (Å²) < 4.78 is 64.6. The van der Waals surface area contributed by atoms with E-state index in [9.17, 15) is 26.4 Å². The van der Waals surface area contributed by atoms with Crippen molar-refractivity contribution in [3.8, 4) is 0 Å². The van der Waals surface area contributed by atoms with Gasteiger partial charge in [-0.15, -0.1) is 0 Å². The van der Waals surface area contributed by atoms with Crippen LogP contribution in [0.5, 0.6) is 0 Å². The number of carbonyl (C=O) groups is 1. The van der Waals surface area contributed by atoms with Crippen molar-refractivity contribution in [2.45, 2.75) is 46.0 Å². The van der Waals surface area contributed by atoms with Crippen molar-refractivity contribution in [3.63, 3.8) is 0 Å². The molecule has 1 N–H and O–H groups in total. The van der Waals surface area contributed by atoms with Gasteiger partial charge in [0.05, 0.1) is 23.5 Å². The molecule has 164 valence electrons. The number of aryl methyl sites for hydroxylation is 2. The van der Waals surface area contributed by atoms with Crippen LogP contribution in [0.15, 0.2) is 42.5 Å². The van der Waals surface area contributed by atoms with Crippen LogP contribution < -0.4 is 9.62 Å². The average molecular weight is 443 g/mol. The molecule has 0 aliphatic rings. The van der Waals surface area contributed by atoms with Crippen molar-refractivity contribution in [1.29, 1.82) is 0 Å². The molecular formula is C21H25F3N2O3S. The highest BCUT2D eigenvalue weighted by molar-refractivity contribution is 7.92. The largest absolute Gasteiger partial charge is 0.416 e. The Morgan fingerprint density at radius 2 is 1.70 bits per heavy atom. The Bertz CT molecular complexity index is 1040. The second-order valence-electron chi connectivity index (χ2n) is 7.37. The average Bonchev–Trinajstić information content (AvgIpc) is 2.62. The lowest BCUT2D eigenvalue weighted by atomic mass is 10.00. The van der Waals surface area contributed by atoms with Crippen molar-refractivity contribution in [1.82, 2.24) is 5.32 Å². The van der Waals surface area contributed by atoms with Crippen LogP contribution in [-0.2, 0) is 21.0 Å². The SMILES string of the molecule is Cc1ccc(C)c([C@H](C)NC(=O)[C@H](C)N(c2cccc(C(F)(F)F)c2)S(C)(=O)=O)c1. The number of rotatable bonds is 6. The zero-order chi connectivity index (χ0) is 22.9. The van der Waals surface area contributed by atoms with Crippen LogP contribution in [0.1, 0.15) is 42.1 Å². The number of anilines is 1.